The molecule has 0 bridgehead atoms. The highest BCUT2D eigenvalue weighted by molar-refractivity contribution is 5.42. The van der Waals surface area contributed by atoms with Crippen LogP contribution in [0.3, 0.4) is 0 Å². The number of hydrogen-bond donors (Lipinski definition) is 2. The lowest BCUT2D eigenvalue weighted by Gasteiger charge is -2.03. The molecule has 0 saturated carbocycles. The van der Waals surface area contributed by atoms with Gasteiger partial charge in [0.1, 0.15) is 0 Å². The van der Waals surface area contributed by atoms with Gasteiger partial charge in [-0.1, -0.05) is 26.0 Å². The van der Waals surface area contributed by atoms with Gasteiger partial charge < -0.3 is 19.7 Å². The summed E-state index contributed by atoms with van der Waals surface area (Å²) in [4.78, 5) is 0. The first-order valence-corrected chi connectivity index (χ1v) is 7.27. The Morgan fingerprint density at radius 3 is 1.77 bits per heavy atom. The Bertz CT molecular complexity index is 594. The number of methoxy groups -OCH3 is 2. The molecule has 120 valence electrons. The van der Waals surface area contributed by atoms with Gasteiger partial charge in [-0.3, -0.25) is 0 Å². The molecule has 0 heterocycles. The summed E-state index contributed by atoms with van der Waals surface area (Å²) in [6.07, 6.45) is 1.88. The van der Waals surface area contributed by atoms with Crippen LogP contribution in [0.2, 0.25) is 0 Å². The van der Waals surface area contributed by atoms with Gasteiger partial charge in [0.25, 0.3) is 0 Å². The van der Waals surface area contributed by atoms with E-state index < -0.39 is 0 Å². The second-order valence-electron chi connectivity index (χ2n) is 4.72. The molecule has 0 unspecified atom stereocenters. The van der Waals surface area contributed by atoms with Crippen molar-refractivity contribution in [2.75, 3.05) is 14.2 Å². The first kappa shape index (κ1) is 17.7. The molecule has 0 fully saturated rings. The Morgan fingerprint density at radius 2 is 1.27 bits per heavy atom. The zero-order valence-electron chi connectivity index (χ0n) is 13.6. The van der Waals surface area contributed by atoms with Crippen LogP contribution in [-0.4, -0.2) is 24.4 Å². The van der Waals surface area contributed by atoms with E-state index in [1.54, 1.807) is 32.4 Å². The molecule has 2 N–H and O–H groups in total. The van der Waals surface area contributed by atoms with Crippen molar-refractivity contribution >= 4 is 0 Å². The van der Waals surface area contributed by atoms with Gasteiger partial charge in [-0.05, 0) is 48.2 Å². The SMILES string of the molecule is CCc1ccc(O)c(OC)c1.CCc1ccc(OC)c(O)c1. The highest BCUT2D eigenvalue weighted by Crippen LogP contribution is 2.26. The molecule has 2 rings (SSSR count). The predicted octanol–water partition coefficient (Wildman–Crippen LogP) is 3.93. The molecule has 4 heteroatoms. The Kier molecular flexibility index (Phi) is 7.09. The number of benzene rings is 2. The number of phenols is 2. The Labute approximate surface area is 131 Å². The number of phenolic OH excluding ortho intramolecular Hbond substituents is 2. The van der Waals surface area contributed by atoms with Crippen molar-refractivity contribution in [3.05, 3.63) is 47.5 Å². The number of aryl methyl sites for hydroxylation is 2. The summed E-state index contributed by atoms with van der Waals surface area (Å²) in [6, 6.07) is 10.8. The molecule has 0 aromatic heterocycles. The minimum absolute atomic E-state index is 0.199. The van der Waals surface area contributed by atoms with Crippen LogP contribution < -0.4 is 9.47 Å². The number of hydrogen-bond acceptors (Lipinski definition) is 4. The first-order valence-electron chi connectivity index (χ1n) is 7.27. The van der Waals surface area contributed by atoms with Crippen molar-refractivity contribution < 1.29 is 19.7 Å². The van der Waals surface area contributed by atoms with Crippen molar-refractivity contribution in [2.45, 2.75) is 26.7 Å². The van der Waals surface area contributed by atoms with Crippen LogP contribution in [-0.2, 0) is 12.8 Å². The van der Waals surface area contributed by atoms with Gasteiger partial charge in [0, 0.05) is 0 Å². The van der Waals surface area contributed by atoms with E-state index in [0.717, 1.165) is 18.4 Å². The summed E-state index contributed by atoms with van der Waals surface area (Å²) in [7, 11) is 3.09. The quantitative estimate of drug-likeness (QED) is 0.898. The van der Waals surface area contributed by atoms with Crippen molar-refractivity contribution in [3.63, 3.8) is 0 Å². The fourth-order valence-electron chi connectivity index (χ4n) is 1.90. The van der Waals surface area contributed by atoms with Gasteiger partial charge in [0.15, 0.2) is 23.0 Å². The van der Waals surface area contributed by atoms with Crippen LogP contribution in [0.15, 0.2) is 36.4 Å². The van der Waals surface area contributed by atoms with Crippen molar-refractivity contribution in [1.82, 2.24) is 0 Å². The van der Waals surface area contributed by atoms with Crippen LogP contribution in [0.1, 0.15) is 25.0 Å². The first-order chi connectivity index (χ1) is 10.5. The van der Waals surface area contributed by atoms with E-state index in [1.807, 2.05) is 25.1 Å². The van der Waals surface area contributed by atoms with E-state index in [1.165, 1.54) is 5.56 Å². The maximum Gasteiger partial charge on any atom is 0.160 e. The topological polar surface area (TPSA) is 58.9 Å². The molecule has 0 aliphatic rings. The van der Waals surface area contributed by atoms with Gasteiger partial charge in [-0.25, -0.2) is 0 Å². The fourth-order valence-corrected chi connectivity index (χ4v) is 1.90. The third-order valence-electron chi connectivity index (χ3n) is 3.30. The van der Waals surface area contributed by atoms with Gasteiger partial charge >= 0.3 is 0 Å². The molecule has 0 saturated heterocycles. The zero-order valence-corrected chi connectivity index (χ0v) is 13.6. The molecule has 0 radical (unpaired) electrons. The summed E-state index contributed by atoms with van der Waals surface area (Å²) in [5, 5.41) is 18.5. The number of aromatic hydroxyl groups is 2. The van der Waals surface area contributed by atoms with Gasteiger partial charge in [-0.15, -0.1) is 0 Å². The van der Waals surface area contributed by atoms with Gasteiger partial charge in [0.2, 0.25) is 0 Å². The smallest absolute Gasteiger partial charge is 0.160 e. The van der Waals surface area contributed by atoms with Crippen LogP contribution in [0, 0.1) is 0 Å². The predicted molar refractivity (Wildman–Crippen MR) is 88.1 cm³/mol. The largest absolute Gasteiger partial charge is 0.504 e. The van der Waals surface area contributed by atoms with E-state index >= 15 is 0 Å². The summed E-state index contributed by atoms with van der Waals surface area (Å²) in [6.45, 7) is 4.10. The summed E-state index contributed by atoms with van der Waals surface area (Å²) in [5.41, 5.74) is 2.28. The average Bonchev–Trinajstić information content (AvgIpc) is 2.55. The average molecular weight is 304 g/mol. The van der Waals surface area contributed by atoms with Crippen molar-refractivity contribution in [2.24, 2.45) is 0 Å². The molecular weight excluding hydrogens is 280 g/mol. The number of rotatable bonds is 4. The van der Waals surface area contributed by atoms with E-state index in [0.29, 0.717) is 11.5 Å². The molecule has 0 amide bonds. The highest BCUT2D eigenvalue weighted by Gasteiger charge is 2.00. The zero-order chi connectivity index (χ0) is 16.5. The molecule has 0 spiro atoms. The molecular formula is C18H24O4. The normalized spacial score (nSPS) is 9.64. The van der Waals surface area contributed by atoms with E-state index in [-0.39, 0.29) is 11.5 Å². The van der Waals surface area contributed by atoms with Crippen LogP contribution in [0.4, 0.5) is 0 Å². The summed E-state index contributed by atoms with van der Waals surface area (Å²) >= 11 is 0. The molecule has 22 heavy (non-hydrogen) atoms. The van der Waals surface area contributed by atoms with Crippen LogP contribution in [0.5, 0.6) is 23.0 Å². The molecule has 0 aliphatic carbocycles. The minimum atomic E-state index is 0.199. The lowest BCUT2D eigenvalue weighted by molar-refractivity contribution is 0.373. The molecule has 2 aromatic rings. The van der Waals surface area contributed by atoms with Crippen LogP contribution in [0.25, 0.3) is 0 Å². The Hall–Kier alpha value is -2.36. The summed E-state index contributed by atoms with van der Waals surface area (Å²) < 4.78 is 9.83. The molecule has 2 aromatic carbocycles. The molecule has 0 aliphatic heterocycles. The van der Waals surface area contributed by atoms with E-state index in [2.05, 4.69) is 6.92 Å². The number of ether oxygens (including phenoxy) is 2. The summed E-state index contributed by atoms with van der Waals surface area (Å²) in [5.74, 6) is 1.49. The van der Waals surface area contributed by atoms with Crippen LogP contribution >= 0.6 is 0 Å². The van der Waals surface area contributed by atoms with Gasteiger partial charge in [0.05, 0.1) is 14.2 Å². The third kappa shape index (κ3) is 4.88. The lowest BCUT2D eigenvalue weighted by Crippen LogP contribution is -1.86. The standard InChI is InChI=1S/2C9H12O2/c1-3-7-4-5-9(11-2)8(10)6-7;1-3-7-4-5-8(10)9(6-7)11-2/h2*4-6,10H,3H2,1-2H3. The highest BCUT2D eigenvalue weighted by atomic mass is 16.5. The lowest BCUT2D eigenvalue weighted by atomic mass is 10.1. The second-order valence-corrected chi connectivity index (χ2v) is 4.72. The van der Waals surface area contributed by atoms with E-state index in [4.69, 9.17) is 9.47 Å². The van der Waals surface area contributed by atoms with Crippen molar-refractivity contribution in [3.8, 4) is 23.0 Å². The maximum absolute atomic E-state index is 9.30. The van der Waals surface area contributed by atoms with Gasteiger partial charge in [-0.2, -0.15) is 0 Å². The fraction of sp³-hybridized carbons (Fsp3) is 0.333. The van der Waals surface area contributed by atoms with Crippen molar-refractivity contribution in [1.29, 1.82) is 0 Å². The monoisotopic (exact) mass is 304 g/mol. The second kappa shape index (κ2) is 8.82. The molecule has 4 nitrogen and oxygen atoms in total. The van der Waals surface area contributed by atoms with E-state index in [9.17, 15) is 10.2 Å². The minimum Gasteiger partial charge on any atom is -0.504 e. The maximum atomic E-state index is 9.30. The third-order valence-corrected chi connectivity index (χ3v) is 3.30. The Balaban J connectivity index is 0.000000220. The Morgan fingerprint density at radius 1 is 0.727 bits per heavy atom. The molecule has 0 atom stereocenters.